The number of hydrogen-bond donors (Lipinski definition) is 0. The first kappa shape index (κ1) is 17.3. The molecule has 1 aromatic carbocycles. The molecule has 0 N–H and O–H groups in total. The monoisotopic (exact) mass is 357 g/mol. The Morgan fingerprint density at radius 2 is 1.80 bits per heavy atom. The van der Waals surface area contributed by atoms with Gasteiger partial charge in [0.2, 0.25) is 16.0 Å². The molecule has 0 aliphatic carbocycles. The summed E-state index contributed by atoms with van der Waals surface area (Å²) in [5.74, 6) is 0.476. The molecule has 8 heteroatoms. The van der Waals surface area contributed by atoms with Crippen molar-refractivity contribution < 1.29 is 8.42 Å². The van der Waals surface area contributed by atoms with Gasteiger partial charge in [0.1, 0.15) is 11.8 Å². The summed E-state index contributed by atoms with van der Waals surface area (Å²) in [6, 6.07) is 10.6. The van der Waals surface area contributed by atoms with Gasteiger partial charge in [0, 0.05) is 31.9 Å². The number of aryl methyl sites for hydroxylation is 2. The first-order valence-electron chi connectivity index (χ1n) is 7.98. The molecule has 1 fully saturated rings. The highest BCUT2D eigenvalue weighted by molar-refractivity contribution is 7.89. The number of nitrogens with zero attached hydrogens (tertiary/aromatic N) is 5. The van der Waals surface area contributed by atoms with Crippen LogP contribution in [0.2, 0.25) is 0 Å². The first-order chi connectivity index (χ1) is 11.9. The van der Waals surface area contributed by atoms with Crippen molar-refractivity contribution in [2.45, 2.75) is 18.7 Å². The van der Waals surface area contributed by atoms with Crippen molar-refractivity contribution in [3.05, 3.63) is 47.3 Å². The molecule has 2 heterocycles. The zero-order chi connectivity index (χ0) is 18.0. The lowest BCUT2D eigenvalue weighted by Gasteiger charge is -2.34. The van der Waals surface area contributed by atoms with E-state index in [1.165, 1.54) is 4.31 Å². The Morgan fingerprint density at radius 1 is 1.08 bits per heavy atom. The van der Waals surface area contributed by atoms with Gasteiger partial charge in [0.25, 0.3) is 0 Å². The summed E-state index contributed by atoms with van der Waals surface area (Å²) in [6.07, 6.45) is 0. The van der Waals surface area contributed by atoms with Crippen LogP contribution >= 0.6 is 0 Å². The van der Waals surface area contributed by atoms with Gasteiger partial charge >= 0.3 is 0 Å². The van der Waals surface area contributed by atoms with Crippen molar-refractivity contribution in [1.82, 2.24) is 14.3 Å². The Bertz CT molecular complexity index is 928. The highest BCUT2D eigenvalue weighted by Crippen LogP contribution is 2.20. The van der Waals surface area contributed by atoms with Crippen molar-refractivity contribution in [1.29, 1.82) is 5.26 Å². The average Bonchev–Trinajstić information content (AvgIpc) is 2.61. The van der Waals surface area contributed by atoms with Crippen molar-refractivity contribution >= 4 is 16.0 Å². The molecule has 130 valence electrons. The molecule has 1 saturated heterocycles. The minimum absolute atomic E-state index is 0.317. The van der Waals surface area contributed by atoms with Gasteiger partial charge in [-0.1, -0.05) is 12.1 Å². The quantitative estimate of drug-likeness (QED) is 0.826. The Hall–Kier alpha value is -2.50. The van der Waals surface area contributed by atoms with Crippen LogP contribution in [-0.4, -0.2) is 48.9 Å². The van der Waals surface area contributed by atoms with Crippen LogP contribution in [0.1, 0.15) is 17.0 Å². The van der Waals surface area contributed by atoms with Gasteiger partial charge in [-0.15, -0.1) is 0 Å². The van der Waals surface area contributed by atoms with E-state index in [-0.39, 0.29) is 0 Å². The van der Waals surface area contributed by atoms with Crippen LogP contribution in [0.25, 0.3) is 0 Å². The van der Waals surface area contributed by atoms with Crippen LogP contribution in [0, 0.1) is 25.2 Å². The smallest absolute Gasteiger partial charge is 0.243 e. The van der Waals surface area contributed by atoms with E-state index in [0.717, 1.165) is 11.3 Å². The first-order valence-corrected chi connectivity index (χ1v) is 9.42. The molecule has 2 aromatic rings. The SMILES string of the molecule is Cc1cccc(S(=O)(=O)N2CCN(c3nc(C)cc(C#N)n3)CC2)c1. The fourth-order valence-corrected chi connectivity index (χ4v) is 4.33. The minimum Gasteiger partial charge on any atom is -0.338 e. The number of rotatable bonds is 3. The number of hydrogen-bond acceptors (Lipinski definition) is 6. The summed E-state index contributed by atoms with van der Waals surface area (Å²) in [6.45, 7) is 5.37. The second kappa shape index (κ2) is 6.78. The zero-order valence-electron chi connectivity index (χ0n) is 14.2. The van der Waals surface area contributed by atoms with Crippen LogP contribution in [0.5, 0.6) is 0 Å². The van der Waals surface area contributed by atoms with Gasteiger partial charge in [-0.05, 0) is 37.6 Å². The number of nitriles is 1. The minimum atomic E-state index is -3.50. The third kappa shape index (κ3) is 3.62. The summed E-state index contributed by atoms with van der Waals surface area (Å²) >= 11 is 0. The molecule has 0 unspecified atom stereocenters. The molecule has 25 heavy (non-hydrogen) atoms. The maximum absolute atomic E-state index is 12.8. The van der Waals surface area contributed by atoms with E-state index in [1.807, 2.05) is 30.9 Å². The predicted molar refractivity (Wildman–Crippen MR) is 93.6 cm³/mol. The summed E-state index contributed by atoms with van der Waals surface area (Å²) in [7, 11) is -3.50. The van der Waals surface area contributed by atoms with Gasteiger partial charge in [-0.2, -0.15) is 9.57 Å². The molecular formula is C17H19N5O2S. The molecule has 0 saturated carbocycles. The lowest BCUT2D eigenvalue weighted by Crippen LogP contribution is -2.49. The van der Waals surface area contributed by atoms with Crippen molar-refractivity contribution in [2.24, 2.45) is 0 Å². The van der Waals surface area contributed by atoms with Gasteiger partial charge in [0.05, 0.1) is 4.90 Å². The van der Waals surface area contributed by atoms with E-state index in [9.17, 15) is 8.42 Å². The third-order valence-corrected chi connectivity index (χ3v) is 6.00. The molecule has 0 atom stereocenters. The molecular weight excluding hydrogens is 338 g/mol. The lowest BCUT2D eigenvalue weighted by atomic mass is 10.2. The normalized spacial score (nSPS) is 15.8. The topological polar surface area (TPSA) is 90.2 Å². The van der Waals surface area contributed by atoms with Gasteiger partial charge in [0.15, 0.2) is 0 Å². The highest BCUT2D eigenvalue weighted by atomic mass is 32.2. The fourth-order valence-electron chi connectivity index (χ4n) is 2.80. The van der Waals surface area contributed by atoms with Crippen molar-refractivity contribution in [2.75, 3.05) is 31.1 Å². The molecule has 1 aromatic heterocycles. The maximum Gasteiger partial charge on any atom is 0.243 e. The zero-order valence-corrected chi connectivity index (χ0v) is 15.0. The maximum atomic E-state index is 12.8. The second-order valence-corrected chi connectivity index (χ2v) is 7.95. The van der Waals surface area contributed by atoms with Gasteiger partial charge in [-0.25, -0.2) is 18.4 Å². The molecule has 3 rings (SSSR count). The standard InChI is InChI=1S/C17H19N5O2S/c1-13-4-3-5-16(10-13)25(23,24)22-8-6-21(7-9-22)17-19-14(2)11-15(12-18)20-17/h3-5,10-11H,6-9H2,1-2H3. The molecule has 0 radical (unpaired) electrons. The highest BCUT2D eigenvalue weighted by Gasteiger charge is 2.29. The molecule has 0 spiro atoms. The lowest BCUT2D eigenvalue weighted by molar-refractivity contribution is 0.382. The van der Waals surface area contributed by atoms with E-state index in [2.05, 4.69) is 9.97 Å². The predicted octanol–water partition coefficient (Wildman–Crippen LogP) is 1.48. The molecule has 0 amide bonds. The molecule has 0 bridgehead atoms. The average molecular weight is 357 g/mol. The summed E-state index contributed by atoms with van der Waals surface area (Å²) in [5.41, 5.74) is 1.95. The van der Waals surface area contributed by atoms with Crippen molar-refractivity contribution in [3.8, 4) is 6.07 Å². The Morgan fingerprint density at radius 3 is 2.44 bits per heavy atom. The summed E-state index contributed by atoms with van der Waals surface area (Å²) in [4.78, 5) is 10.8. The Balaban J connectivity index is 1.76. The largest absolute Gasteiger partial charge is 0.338 e. The van der Waals surface area contributed by atoms with Crippen LogP contribution in [0.3, 0.4) is 0 Å². The summed E-state index contributed by atoms with van der Waals surface area (Å²) < 4.78 is 27.0. The van der Waals surface area contributed by atoms with E-state index in [1.54, 1.807) is 24.3 Å². The Kier molecular flexibility index (Phi) is 4.70. The van der Waals surface area contributed by atoms with Gasteiger partial charge in [-0.3, -0.25) is 0 Å². The molecule has 1 aliphatic rings. The van der Waals surface area contributed by atoms with E-state index >= 15 is 0 Å². The molecule has 7 nitrogen and oxygen atoms in total. The van der Waals surface area contributed by atoms with E-state index < -0.39 is 10.0 Å². The molecule has 1 aliphatic heterocycles. The summed E-state index contributed by atoms with van der Waals surface area (Å²) in [5, 5.41) is 9.04. The van der Waals surface area contributed by atoms with Crippen LogP contribution in [0.4, 0.5) is 5.95 Å². The number of sulfonamides is 1. The van der Waals surface area contributed by atoms with E-state index in [0.29, 0.717) is 42.7 Å². The Labute approximate surface area is 147 Å². The second-order valence-electron chi connectivity index (χ2n) is 6.01. The van der Waals surface area contributed by atoms with Crippen LogP contribution in [0.15, 0.2) is 35.2 Å². The number of piperazine rings is 1. The van der Waals surface area contributed by atoms with Crippen molar-refractivity contribution in [3.63, 3.8) is 0 Å². The number of anilines is 1. The van der Waals surface area contributed by atoms with Crippen LogP contribution in [-0.2, 0) is 10.0 Å². The van der Waals surface area contributed by atoms with Crippen LogP contribution < -0.4 is 4.90 Å². The van der Waals surface area contributed by atoms with E-state index in [4.69, 9.17) is 5.26 Å². The third-order valence-electron chi connectivity index (χ3n) is 4.11. The number of aromatic nitrogens is 2. The fraction of sp³-hybridized carbons (Fsp3) is 0.353. The van der Waals surface area contributed by atoms with Gasteiger partial charge < -0.3 is 4.90 Å². The number of benzene rings is 1.